The maximum Gasteiger partial charge on any atom is 0.0677 e. The molecule has 0 aliphatic carbocycles. The molecule has 0 atom stereocenters. The van der Waals surface area contributed by atoms with Gasteiger partial charge >= 0.3 is 0 Å². The molecule has 0 amide bonds. The van der Waals surface area contributed by atoms with Crippen molar-refractivity contribution in [1.29, 1.82) is 0 Å². The molecule has 1 aromatic heterocycles. The van der Waals surface area contributed by atoms with Crippen molar-refractivity contribution in [1.82, 2.24) is 9.78 Å². The van der Waals surface area contributed by atoms with E-state index in [2.05, 4.69) is 5.10 Å². The number of aryl methyl sites for hydroxylation is 1. The predicted molar refractivity (Wildman–Crippen MR) is 76.8 cm³/mol. The normalized spacial score (nSPS) is 10.9. The minimum absolute atomic E-state index is 0.473. The SMILES string of the molecule is Cc1nn(Cc2cccc(Cl)c2Cl)c(C)c1CCl. The second kappa shape index (κ2) is 5.52. The summed E-state index contributed by atoms with van der Waals surface area (Å²) in [6, 6.07) is 5.61. The topological polar surface area (TPSA) is 17.8 Å². The molecule has 1 aromatic carbocycles. The van der Waals surface area contributed by atoms with Crippen LogP contribution in [0.4, 0.5) is 0 Å². The summed E-state index contributed by atoms with van der Waals surface area (Å²) < 4.78 is 1.91. The van der Waals surface area contributed by atoms with E-state index >= 15 is 0 Å². The molecule has 5 heteroatoms. The first-order valence-corrected chi connectivity index (χ1v) is 6.85. The second-order valence-electron chi connectivity index (χ2n) is 4.15. The van der Waals surface area contributed by atoms with Crippen LogP contribution in [0, 0.1) is 13.8 Å². The van der Waals surface area contributed by atoms with E-state index in [-0.39, 0.29) is 0 Å². The lowest BCUT2D eigenvalue weighted by Gasteiger charge is -2.08. The zero-order valence-electron chi connectivity index (χ0n) is 10.2. The van der Waals surface area contributed by atoms with Gasteiger partial charge in [0.05, 0.1) is 28.2 Å². The van der Waals surface area contributed by atoms with Crippen molar-refractivity contribution in [2.24, 2.45) is 0 Å². The fourth-order valence-electron chi connectivity index (χ4n) is 1.91. The highest BCUT2D eigenvalue weighted by atomic mass is 35.5. The van der Waals surface area contributed by atoms with Gasteiger partial charge in [-0.05, 0) is 25.5 Å². The molecular formula is C13H13Cl3N2. The van der Waals surface area contributed by atoms with Gasteiger partial charge in [-0.15, -0.1) is 11.6 Å². The molecule has 96 valence electrons. The van der Waals surface area contributed by atoms with Crippen molar-refractivity contribution in [3.8, 4) is 0 Å². The lowest BCUT2D eigenvalue weighted by molar-refractivity contribution is 0.658. The Balaban J connectivity index is 2.37. The highest BCUT2D eigenvalue weighted by molar-refractivity contribution is 6.42. The highest BCUT2D eigenvalue weighted by Gasteiger charge is 2.12. The smallest absolute Gasteiger partial charge is 0.0677 e. The summed E-state index contributed by atoms with van der Waals surface area (Å²) in [7, 11) is 0. The zero-order valence-corrected chi connectivity index (χ0v) is 12.4. The zero-order chi connectivity index (χ0) is 13.3. The third-order valence-electron chi connectivity index (χ3n) is 3.02. The lowest BCUT2D eigenvalue weighted by atomic mass is 10.2. The van der Waals surface area contributed by atoms with Crippen LogP contribution in [0.2, 0.25) is 10.0 Å². The molecule has 0 unspecified atom stereocenters. The molecule has 0 saturated heterocycles. The Morgan fingerprint density at radius 2 is 1.94 bits per heavy atom. The van der Waals surface area contributed by atoms with Gasteiger partial charge < -0.3 is 0 Å². The van der Waals surface area contributed by atoms with Crippen LogP contribution in [-0.4, -0.2) is 9.78 Å². The van der Waals surface area contributed by atoms with E-state index in [4.69, 9.17) is 34.8 Å². The van der Waals surface area contributed by atoms with E-state index < -0.39 is 0 Å². The summed E-state index contributed by atoms with van der Waals surface area (Å²) in [5, 5.41) is 5.62. The van der Waals surface area contributed by atoms with Crippen LogP contribution in [0.25, 0.3) is 0 Å². The average molecular weight is 304 g/mol. The number of aromatic nitrogens is 2. The van der Waals surface area contributed by atoms with Crippen LogP contribution in [-0.2, 0) is 12.4 Å². The second-order valence-corrected chi connectivity index (χ2v) is 5.21. The number of nitrogens with zero attached hydrogens (tertiary/aromatic N) is 2. The van der Waals surface area contributed by atoms with Gasteiger partial charge in [0.15, 0.2) is 0 Å². The van der Waals surface area contributed by atoms with Gasteiger partial charge in [-0.1, -0.05) is 35.3 Å². The summed E-state index contributed by atoms with van der Waals surface area (Å²) in [5.74, 6) is 0.473. The van der Waals surface area contributed by atoms with Crippen LogP contribution < -0.4 is 0 Å². The van der Waals surface area contributed by atoms with Crippen molar-refractivity contribution in [2.45, 2.75) is 26.3 Å². The monoisotopic (exact) mass is 302 g/mol. The minimum Gasteiger partial charge on any atom is -0.265 e. The molecule has 0 bridgehead atoms. The third-order valence-corrected chi connectivity index (χ3v) is 4.14. The lowest BCUT2D eigenvalue weighted by Crippen LogP contribution is -2.05. The van der Waals surface area contributed by atoms with Gasteiger partial charge in [0.1, 0.15) is 0 Å². The molecule has 0 radical (unpaired) electrons. The van der Waals surface area contributed by atoms with Crippen molar-refractivity contribution >= 4 is 34.8 Å². The molecule has 2 nitrogen and oxygen atoms in total. The third kappa shape index (κ3) is 2.51. The minimum atomic E-state index is 0.473. The largest absolute Gasteiger partial charge is 0.265 e. The summed E-state index contributed by atoms with van der Waals surface area (Å²) in [5.41, 5.74) is 4.06. The van der Waals surface area contributed by atoms with Crippen LogP contribution in [0.3, 0.4) is 0 Å². The number of alkyl halides is 1. The van der Waals surface area contributed by atoms with E-state index in [1.807, 2.05) is 30.7 Å². The summed E-state index contributed by atoms with van der Waals surface area (Å²) in [6.07, 6.45) is 0. The van der Waals surface area contributed by atoms with Crippen LogP contribution >= 0.6 is 34.8 Å². The van der Waals surface area contributed by atoms with Gasteiger partial charge in [-0.2, -0.15) is 5.10 Å². The number of hydrogen-bond donors (Lipinski definition) is 0. The summed E-state index contributed by atoms with van der Waals surface area (Å²) >= 11 is 18.1. The molecule has 0 N–H and O–H groups in total. The number of rotatable bonds is 3. The van der Waals surface area contributed by atoms with Crippen LogP contribution in [0.15, 0.2) is 18.2 Å². The molecule has 0 saturated carbocycles. The van der Waals surface area contributed by atoms with Crippen molar-refractivity contribution in [2.75, 3.05) is 0 Å². The van der Waals surface area contributed by atoms with Crippen LogP contribution in [0.5, 0.6) is 0 Å². The van der Waals surface area contributed by atoms with Gasteiger partial charge in [0.2, 0.25) is 0 Å². The Labute approximate surface area is 121 Å². The first-order chi connectivity index (χ1) is 8.54. The molecule has 2 aromatic rings. The fraction of sp³-hybridized carbons (Fsp3) is 0.308. The maximum absolute atomic E-state index is 6.18. The fourth-order valence-corrected chi connectivity index (χ4v) is 2.68. The van der Waals surface area contributed by atoms with Gasteiger partial charge in [-0.3, -0.25) is 4.68 Å². The number of halogens is 3. The molecule has 0 aliphatic rings. The molecule has 2 rings (SSSR count). The molecule has 18 heavy (non-hydrogen) atoms. The summed E-state index contributed by atoms with van der Waals surface area (Å²) in [4.78, 5) is 0. The van der Waals surface area contributed by atoms with E-state index in [1.165, 1.54) is 0 Å². The molecular weight excluding hydrogens is 291 g/mol. The standard InChI is InChI=1S/C13H13Cl3N2/c1-8-11(6-14)9(2)18(17-8)7-10-4-3-5-12(15)13(10)16/h3-5H,6-7H2,1-2H3. The van der Waals surface area contributed by atoms with Crippen LogP contribution in [0.1, 0.15) is 22.5 Å². The molecule has 1 heterocycles. The van der Waals surface area contributed by atoms with E-state index in [0.717, 1.165) is 22.5 Å². The Morgan fingerprint density at radius 1 is 1.22 bits per heavy atom. The predicted octanol–water partition coefficient (Wildman–Crippen LogP) is 4.59. The molecule has 0 aliphatic heterocycles. The van der Waals surface area contributed by atoms with Crippen molar-refractivity contribution in [3.05, 3.63) is 50.8 Å². The maximum atomic E-state index is 6.18. The average Bonchev–Trinajstić information content (AvgIpc) is 2.60. The van der Waals surface area contributed by atoms with Gasteiger partial charge in [0.25, 0.3) is 0 Å². The quantitative estimate of drug-likeness (QED) is 0.758. The van der Waals surface area contributed by atoms with Gasteiger partial charge in [-0.25, -0.2) is 0 Å². The Hall–Kier alpha value is -0.700. The van der Waals surface area contributed by atoms with Crippen molar-refractivity contribution in [3.63, 3.8) is 0 Å². The molecule has 0 spiro atoms. The number of benzene rings is 1. The van der Waals surface area contributed by atoms with E-state index in [1.54, 1.807) is 6.07 Å². The van der Waals surface area contributed by atoms with E-state index in [0.29, 0.717) is 22.5 Å². The first kappa shape index (κ1) is 13.7. The number of hydrogen-bond acceptors (Lipinski definition) is 1. The van der Waals surface area contributed by atoms with E-state index in [9.17, 15) is 0 Å². The summed E-state index contributed by atoms with van der Waals surface area (Å²) in [6.45, 7) is 4.57. The first-order valence-electron chi connectivity index (χ1n) is 5.56. The Kier molecular flexibility index (Phi) is 4.21. The Bertz CT molecular complexity index is 576. The Morgan fingerprint density at radius 3 is 2.56 bits per heavy atom. The molecule has 0 fully saturated rings. The van der Waals surface area contributed by atoms with Gasteiger partial charge in [0, 0.05) is 11.3 Å². The highest BCUT2D eigenvalue weighted by Crippen LogP contribution is 2.27. The van der Waals surface area contributed by atoms with Crippen molar-refractivity contribution < 1.29 is 0 Å².